The number of H-pyrrole nitrogens is 1. The van der Waals surface area contributed by atoms with Crippen LogP contribution >= 0.6 is 0 Å². The third-order valence-electron chi connectivity index (χ3n) is 3.84. The highest BCUT2D eigenvalue weighted by Crippen LogP contribution is 2.20. The lowest BCUT2D eigenvalue weighted by atomic mass is 9.98. The first-order valence-electron chi connectivity index (χ1n) is 7.30. The van der Waals surface area contributed by atoms with Gasteiger partial charge in [-0.05, 0) is 19.3 Å². The van der Waals surface area contributed by atoms with E-state index in [-0.39, 0.29) is 24.1 Å². The molecule has 2 rings (SSSR count). The zero-order chi connectivity index (χ0) is 14.5. The lowest BCUT2D eigenvalue weighted by Crippen LogP contribution is -2.33. The Morgan fingerprint density at radius 3 is 2.65 bits per heavy atom. The molecule has 0 radical (unpaired) electrons. The molecule has 0 aromatic carbocycles. The van der Waals surface area contributed by atoms with Crippen molar-refractivity contribution in [1.82, 2.24) is 9.55 Å². The Kier molecular flexibility index (Phi) is 5.00. The molecule has 0 spiro atoms. The van der Waals surface area contributed by atoms with E-state index in [0.717, 1.165) is 12.8 Å². The van der Waals surface area contributed by atoms with Crippen molar-refractivity contribution < 1.29 is 9.84 Å². The first-order chi connectivity index (χ1) is 9.63. The van der Waals surface area contributed by atoms with Crippen molar-refractivity contribution in [2.45, 2.75) is 58.1 Å². The third kappa shape index (κ3) is 3.30. The summed E-state index contributed by atoms with van der Waals surface area (Å²) in [5, 5.41) is 9.97. The highest BCUT2D eigenvalue weighted by molar-refractivity contribution is 5.22. The molecule has 1 aliphatic rings. The molecular formula is C14H22N2O4. The molecule has 0 saturated heterocycles. The van der Waals surface area contributed by atoms with Crippen LogP contribution in [0.1, 0.15) is 44.6 Å². The van der Waals surface area contributed by atoms with Crippen LogP contribution in [-0.4, -0.2) is 27.4 Å². The maximum atomic E-state index is 11.7. The van der Waals surface area contributed by atoms with Crippen molar-refractivity contribution in [3.63, 3.8) is 0 Å². The summed E-state index contributed by atoms with van der Waals surface area (Å²) >= 11 is 0. The van der Waals surface area contributed by atoms with Crippen LogP contribution in [0, 0.1) is 0 Å². The number of nitrogens with zero attached hydrogens (tertiary/aromatic N) is 1. The first-order valence-corrected chi connectivity index (χ1v) is 7.30. The molecule has 6 nitrogen and oxygen atoms in total. The molecule has 1 fully saturated rings. The summed E-state index contributed by atoms with van der Waals surface area (Å²) in [4.78, 5) is 25.4. The highest BCUT2D eigenvalue weighted by atomic mass is 16.5. The van der Waals surface area contributed by atoms with Crippen LogP contribution in [0.4, 0.5) is 0 Å². The number of hydrogen-bond acceptors (Lipinski definition) is 4. The molecule has 0 unspecified atom stereocenters. The second-order valence-electron chi connectivity index (χ2n) is 5.20. The molecule has 1 aromatic rings. The van der Waals surface area contributed by atoms with Gasteiger partial charge in [-0.2, -0.15) is 0 Å². The zero-order valence-electron chi connectivity index (χ0n) is 11.9. The lowest BCUT2D eigenvalue weighted by molar-refractivity contribution is 0.0228. The van der Waals surface area contributed by atoms with Crippen molar-refractivity contribution in [2.24, 2.45) is 0 Å². The van der Waals surface area contributed by atoms with E-state index < -0.39 is 11.2 Å². The number of hydrogen-bond donors (Lipinski definition) is 2. The predicted molar refractivity (Wildman–Crippen MR) is 75.2 cm³/mol. The van der Waals surface area contributed by atoms with E-state index >= 15 is 0 Å². The van der Waals surface area contributed by atoms with Crippen LogP contribution in [0.25, 0.3) is 0 Å². The maximum Gasteiger partial charge on any atom is 0.331 e. The normalized spacial score (nSPS) is 16.4. The van der Waals surface area contributed by atoms with Gasteiger partial charge in [-0.1, -0.05) is 26.2 Å². The number of ether oxygens (including phenoxy) is 1. The van der Waals surface area contributed by atoms with Crippen molar-refractivity contribution in [2.75, 3.05) is 6.61 Å². The predicted octanol–water partition coefficient (Wildman–Crippen LogP) is 1.15. The quantitative estimate of drug-likeness (QED) is 0.848. The third-order valence-corrected chi connectivity index (χ3v) is 3.84. The van der Waals surface area contributed by atoms with Crippen molar-refractivity contribution in [3.05, 3.63) is 26.4 Å². The SMILES string of the molecule is CCc1c(O)n(CCOC2CCCCC2)c(=O)[nH]c1=O. The fourth-order valence-electron chi connectivity index (χ4n) is 2.67. The molecule has 0 amide bonds. The summed E-state index contributed by atoms with van der Waals surface area (Å²) in [7, 11) is 0. The molecule has 1 aliphatic carbocycles. The van der Waals surface area contributed by atoms with Gasteiger partial charge in [0, 0.05) is 0 Å². The summed E-state index contributed by atoms with van der Waals surface area (Å²) in [6.45, 7) is 2.38. The largest absolute Gasteiger partial charge is 0.494 e. The monoisotopic (exact) mass is 282 g/mol. The van der Waals surface area contributed by atoms with Gasteiger partial charge < -0.3 is 9.84 Å². The molecule has 0 bridgehead atoms. The molecule has 1 heterocycles. The Morgan fingerprint density at radius 2 is 2.00 bits per heavy atom. The van der Waals surface area contributed by atoms with Gasteiger partial charge in [0.2, 0.25) is 5.88 Å². The van der Waals surface area contributed by atoms with Crippen molar-refractivity contribution in [3.8, 4) is 5.88 Å². The minimum atomic E-state index is -0.586. The van der Waals surface area contributed by atoms with Gasteiger partial charge in [0.15, 0.2) is 0 Å². The number of rotatable bonds is 5. The van der Waals surface area contributed by atoms with Crippen LogP contribution in [0.5, 0.6) is 5.88 Å². The number of aromatic amines is 1. The molecule has 1 saturated carbocycles. The summed E-state index contributed by atoms with van der Waals surface area (Å²) in [5.41, 5.74) is -0.862. The van der Waals surface area contributed by atoms with Gasteiger partial charge in [-0.3, -0.25) is 14.3 Å². The van der Waals surface area contributed by atoms with E-state index in [1.807, 2.05) is 0 Å². The van der Waals surface area contributed by atoms with E-state index in [9.17, 15) is 14.7 Å². The number of aromatic hydroxyl groups is 1. The summed E-state index contributed by atoms with van der Waals surface area (Å²) in [5.74, 6) is -0.242. The molecule has 6 heteroatoms. The fraction of sp³-hybridized carbons (Fsp3) is 0.714. The van der Waals surface area contributed by atoms with Crippen LogP contribution in [0.3, 0.4) is 0 Å². The Balaban J connectivity index is 2.02. The van der Waals surface area contributed by atoms with E-state index in [1.54, 1.807) is 6.92 Å². The molecule has 20 heavy (non-hydrogen) atoms. The standard InChI is InChI=1S/C14H22N2O4/c1-2-11-12(17)15-14(19)16(13(11)18)8-9-20-10-6-4-3-5-7-10/h10,18H,2-9H2,1H3,(H,15,17,19). The van der Waals surface area contributed by atoms with E-state index in [4.69, 9.17) is 4.74 Å². The molecule has 0 aliphatic heterocycles. The summed E-state index contributed by atoms with van der Waals surface area (Å²) < 4.78 is 6.91. The Hall–Kier alpha value is -1.56. The topological polar surface area (TPSA) is 84.3 Å². The summed E-state index contributed by atoms with van der Waals surface area (Å²) in [6.07, 6.45) is 6.41. The van der Waals surface area contributed by atoms with Crippen LogP contribution in [-0.2, 0) is 17.7 Å². The van der Waals surface area contributed by atoms with E-state index in [0.29, 0.717) is 13.0 Å². The van der Waals surface area contributed by atoms with Gasteiger partial charge in [0.25, 0.3) is 5.56 Å². The maximum absolute atomic E-state index is 11.7. The Morgan fingerprint density at radius 1 is 1.30 bits per heavy atom. The van der Waals surface area contributed by atoms with Crippen molar-refractivity contribution >= 4 is 0 Å². The van der Waals surface area contributed by atoms with Gasteiger partial charge in [0.05, 0.1) is 24.8 Å². The Labute approximate surface area is 117 Å². The molecule has 112 valence electrons. The highest BCUT2D eigenvalue weighted by Gasteiger charge is 2.15. The van der Waals surface area contributed by atoms with Crippen molar-refractivity contribution in [1.29, 1.82) is 0 Å². The average Bonchev–Trinajstić information content (AvgIpc) is 2.44. The lowest BCUT2D eigenvalue weighted by Gasteiger charge is -2.22. The first kappa shape index (κ1) is 14.8. The molecular weight excluding hydrogens is 260 g/mol. The second-order valence-corrected chi connectivity index (χ2v) is 5.20. The number of nitrogens with one attached hydrogen (secondary N) is 1. The van der Waals surface area contributed by atoms with Gasteiger partial charge in [-0.25, -0.2) is 4.79 Å². The molecule has 1 aromatic heterocycles. The van der Waals surface area contributed by atoms with E-state index in [1.165, 1.54) is 23.8 Å². The minimum Gasteiger partial charge on any atom is -0.494 e. The summed E-state index contributed by atoms with van der Waals surface area (Å²) in [6, 6.07) is 0. The van der Waals surface area contributed by atoms with Gasteiger partial charge >= 0.3 is 5.69 Å². The van der Waals surface area contributed by atoms with Crippen LogP contribution in [0.15, 0.2) is 9.59 Å². The van der Waals surface area contributed by atoms with E-state index in [2.05, 4.69) is 4.98 Å². The van der Waals surface area contributed by atoms with Gasteiger partial charge in [0.1, 0.15) is 0 Å². The van der Waals surface area contributed by atoms with Crippen LogP contribution in [0.2, 0.25) is 0 Å². The fourth-order valence-corrected chi connectivity index (χ4v) is 2.67. The molecule has 2 N–H and O–H groups in total. The average molecular weight is 282 g/mol. The Bertz CT molecular complexity index is 555. The zero-order valence-corrected chi connectivity index (χ0v) is 11.9. The second kappa shape index (κ2) is 6.74. The van der Waals surface area contributed by atoms with Gasteiger partial charge in [-0.15, -0.1) is 0 Å². The molecule has 0 atom stereocenters. The van der Waals surface area contributed by atoms with Crippen LogP contribution < -0.4 is 11.2 Å². The minimum absolute atomic E-state index is 0.238. The number of aromatic nitrogens is 2. The smallest absolute Gasteiger partial charge is 0.331 e.